The molecule has 0 unspecified atom stereocenters. The molecule has 0 radical (unpaired) electrons. The van der Waals surface area contributed by atoms with Crippen molar-refractivity contribution in [3.05, 3.63) is 48.0 Å². The molecular formula is C17H22N4O2. The predicted octanol–water partition coefficient (Wildman–Crippen LogP) is 1.56. The minimum Gasteiger partial charge on any atom is -0.378 e. The third-order valence-corrected chi connectivity index (χ3v) is 3.99. The summed E-state index contributed by atoms with van der Waals surface area (Å²) in [6.45, 7) is 4.76. The van der Waals surface area contributed by atoms with Gasteiger partial charge < -0.3 is 19.9 Å². The molecule has 6 heteroatoms. The monoisotopic (exact) mass is 314 g/mol. The van der Waals surface area contributed by atoms with Crippen LogP contribution in [0.25, 0.3) is 0 Å². The Morgan fingerprint density at radius 3 is 3.09 bits per heavy atom. The minimum atomic E-state index is 0.00260. The summed E-state index contributed by atoms with van der Waals surface area (Å²) in [7, 11) is 0. The summed E-state index contributed by atoms with van der Waals surface area (Å²) in [5.41, 5.74) is 1.91. The van der Waals surface area contributed by atoms with Gasteiger partial charge >= 0.3 is 0 Å². The Morgan fingerprint density at radius 1 is 1.48 bits per heavy atom. The molecule has 3 rings (SSSR count). The lowest BCUT2D eigenvalue weighted by Crippen LogP contribution is -2.43. The van der Waals surface area contributed by atoms with Crippen LogP contribution in [0.15, 0.2) is 36.7 Å². The highest BCUT2D eigenvalue weighted by molar-refractivity contribution is 5.91. The topological polar surface area (TPSA) is 68.2 Å². The van der Waals surface area contributed by atoms with Crippen molar-refractivity contribution < 1.29 is 9.53 Å². The molecule has 1 aliphatic heterocycles. The molecule has 2 aromatic rings. The minimum absolute atomic E-state index is 0.00260. The normalized spacial score (nSPS) is 17.9. The zero-order valence-electron chi connectivity index (χ0n) is 13.3. The van der Waals surface area contributed by atoms with Crippen molar-refractivity contribution in [2.45, 2.75) is 25.9 Å². The van der Waals surface area contributed by atoms with Crippen molar-refractivity contribution in [1.82, 2.24) is 14.9 Å². The molecule has 122 valence electrons. The summed E-state index contributed by atoms with van der Waals surface area (Å²) in [6.07, 6.45) is 4.14. The first-order valence-electron chi connectivity index (χ1n) is 7.89. The maximum Gasteiger partial charge on any atom is 0.226 e. The second-order valence-electron chi connectivity index (χ2n) is 5.74. The molecule has 1 saturated heterocycles. The summed E-state index contributed by atoms with van der Waals surface area (Å²) in [6, 6.07) is 7.96. The lowest BCUT2D eigenvalue weighted by atomic mass is 10.1. The highest BCUT2D eigenvalue weighted by Crippen LogP contribution is 2.17. The molecular weight excluding hydrogens is 292 g/mol. The average Bonchev–Trinajstić information content (AvgIpc) is 2.95. The van der Waals surface area contributed by atoms with E-state index in [0.717, 1.165) is 23.6 Å². The van der Waals surface area contributed by atoms with E-state index in [4.69, 9.17) is 4.74 Å². The van der Waals surface area contributed by atoms with E-state index in [1.807, 2.05) is 37.4 Å². The number of nitrogens with one attached hydrogen (secondary N) is 2. The highest BCUT2D eigenvalue weighted by atomic mass is 16.5. The van der Waals surface area contributed by atoms with Crippen LogP contribution in [0, 0.1) is 6.92 Å². The molecule has 1 aliphatic rings. The van der Waals surface area contributed by atoms with E-state index in [1.54, 1.807) is 6.20 Å². The lowest BCUT2D eigenvalue weighted by Gasteiger charge is -2.23. The van der Waals surface area contributed by atoms with Gasteiger partial charge in [0.15, 0.2) is 0 Å². The SMILES string of the molecule is Cc1nccn1Cc1ccccc1NC(=O)C[C@@H]1COCCN1. The lowest BCUT2D eigenvalue weighted by molar-refractivity contribution is -0.117. The van der Waals surface area contributed by atoms with Gasteiger partial charge in [0.1, 0.15) is 5.82 Å². The molecule has 6 nitrogen and oxygen atoms in total. The van der Waals surface area contributed by atoms with Crippen molar-refractivity contribution >= 4 is 11.6 Å². The molecule has 1 atom stereocenters. The van der Waals surface area contributed by atoms with E-state index in [0.29, 0.717) is 26.2 Å². The number of morpholine rings is 1. The highest BCUT2D eigenvalue weighted by Gasteiger charge is 2.17. The van der Waals surface area contributed by atoms with Gasteiger partial charge in [0.25, 0.3) is 0 Å². The third-order valence-electron chi connectivity index (χ3n) is 3.99. The summed E-state index contributed by atoms with van der Waals surface area (Å²) in [5.74, 6) is 0.956. The maximum absolute atomic E-state index is 12.3. The molecule has 0 saturated carbocycles. The Hall–Kier alpha value is -2.18. The molecule has 2 N–H and O–H groups in total. The number of benzene rings is 1. The number of hydrogen-bond donors (Lipinski definition) is 2. The maximum atomic E-state index is 12.3. The Morgan fingerprint density at radius 2 is 2.35 bits per heavy atom. The van der Waals surface area contributed by atoms with Crippen LogP contribution in [-0.2, 0) is 16.1 Å². The third kappa shape index (κ3) is 4.18. The number of imidazole rings is 1. The number of carbonyl (C=O) groups excluding carboxylic acids is 1. The van der Waals surface area contributed by atoms with Crippen LogP contribution in [0.5, 0.6) is 0 Å². The molecule has 0 bridgehead atoms. The second kappa shape index (κ2) is 7.39. The molecule has 1 amide bonds. The zero-order chi connectivity index (χ0) is 16.1. The molecule has 23 heavy (non-hydrogen) atoms. The number of nitrogens with zero attached hydrogens (tertiary/aromatic N) is 2. The number of hydrogen-bond acceptors (Lipinski definition) is 4. The second-order valence-corrected chi connectivity index (χ2v) is 5.74. The number of para-hydroxylation sites is 1. The molecule has 2 heterocycles. The molecule has 0 aliphatic carbocycles. The first-order valence-corrected chi connectivity index (χ1v) is 7.89. The molecule has 1 aromatic carbocycles. The van der Waals surface area contributed by atoms with Crippen LogP contribution < -0.4 is 10.6 Å². The van der Waals surface area contributed by atoms with E-state index in [1.165, 1.54) is 0 Å². The van der Waals surface area contributed by atoms with E-state index in [-0.39, 0.29) is 11.9 Å². The van der Waals surface area contributed by atoms with Crippen LogP contribution in [0.1, 0.15) is 17.8 Å². The molecule has 1 aromatic heterocycles. The number of aryl methyl sites for hydroxylation is 1. The summed E-state index contributed by atoms with van der Waals surface area (Å²) < 4.78 is 7.44. The average molecular weight is 314 g/mol. The number of ether oxygens (including phenoxy) is 1. The van der Waals surface area contributed by atoms with E-state index >= 15 is 0 Å². The van der Waals surface area contributed by atoms with Gasteiger partial charge in [-0.25, -0.2) is 4.98 Å². The van der Waals surface area contributed by atoms with Gasteiger partial charge in [-0.05, 0) is 18.6 Å². The molecule has 1 fully saturated rings. The zero-order valence-corrected chi connectivity index (χ0v) is 13.3. The quantitative estimate of drug-likeness (QED) is 0.879. The van der Waals surface area contributed by atoms with Gasteiger partial charge in [0, 0.05) is 37.1 Å². The van der Waals surface area contributed by atoms with E-state index < -0.39 is 0 Å². The standard InChI is InChI=1S/C17H22N4O2/c1-13-18-6-8-21(13)11-14-4-2-3-5-16(14)20-17(22)10-15-12-23-9-7-19-15/h2-6,8,15,19H,7,9-12H2,1H3,(H,20,22)/t15-/m1/s1. The Kier molecular flexibility index (Phi) is 5.05. The fraction of sp³-hybridized carbons (Fsp3) is 0.412. The van der Waals surface area contributed by atoms with E-state index in [2.05, 4.69) is 20.2 Å². The smallest absolute Gasteiger partial charge is 0.226 e. The number of carbonyl (C=O) groups is 1. The van der Waals surface area contributed by atoms with E-state index in [9.17, 15) is 4.79 Å². The van der Waals surface area contributed by atoms with Gasteiger partial charge in [-0.15, -0.1) is 0 Å². The van der Waals surface area contributed by atoms with Crippen LogP contribution >= 0.6 is 0 Å². The number of rotatable bonds is 5. The Labute approximate surface area is 135 Å². The predicted molar refractivity (Wildman–Crippen MR) is 88.4 cm³/mol. The van der Waals surface area contributed by atoms with Crippen molar-refractivity contribution in [2.24, 2.45) is 0 Å². The summed E-state index contributed by atoms with van der Waals surface area (Å²) >= 11 is 0. The van der Waals surface area contributed by atoms with Gasteiger partial charge in [0.05, 0.1) is 19.8 Å². The fourth-order valence-corrected chi connectivity index (χ4v) is 2.71. The summed E-state index contributed by atoms with van der Waals surface area (Å²) in [5, 5.41) is 6.32. The largest absolute Gasteiger partial charge is 0.378 e. The van der Waals surface area contributed by atoms with Gasteiger partial charge in [-0.3, -0.25) is 4.79 Å². The Balaban J connectivity index is 1.65. The number of aromatic nitrogens is 2. The van der Waals surface area contributed by atoms with Crippen molar-refractivity contribution in [1.29, 1.82) is 0 Å². The van der Waals surface area contributed by atoms with Crippen molar-refractivity contribution in [2.75, 3.05) is 25.1 Å². The first-order chi connectivity index (χ1) is 11.2. The number of amides is 1. The first kappa shape index (κ1) is 15.7. The summed E-state index contributed by atoms with van der Waals surface area (Å²) in [4.78, 5) is 16.5. The van der Waals surface area contributed by atoms with Crippen LogP contribution in [0.3, 0.4) is 0 Å². The van der Waals surface area contributed by atoms with Crippen LogP contribution in [0.4, 0.5) is 5.69 Å². The Bertz CT molecular complexity index is 662. The fourth-order valence-electron chi connectivity index (χ4n) is 2.71. The van der Waals surface area contributed by atoms with Crippen LogP contribution in [0.2, 0.25) is 0 Å². The van der Waals surface area contributed by atoms with Crippen molar-refractivity contribution in [3.63, 3.8) is 0 Å². The van der Waals surface area contributed by atoms with Gasteiger partial charge in [-0.1, -0.05) is 18.2 Å². The molecule has 0 spiro atoms. The van der Waals surface area contributed by atoms with Crippen molar-refractivity contribution in [3.8, 4) is 0 Å². The van der Waals surface area contributed by atoms with Crippen LogP contribution in [-0.4, -0.2) is 41.3 Å². The van der Waals surface area contributed by atoms with Gasteiger partial charge in [-0.2, -0.15) is 0 Å². The van der Waals surface area contributed by atoms with Gasteiger partial charge in [0.2, 0.25) is 5.91 Å². The number of anilines is 1.